The number of fused-ring (bicyclic) bond motifs is 3. The summed E-state index contributed by atoms with van der Waals surface area (Å²) in [6.45, 7) is 0. The van der Waals surface area contributed by atoms with Crippen molar-refractivity contribution in [2.24, 2.45) is 0 Å². The highest BCUT2D eigenvalue weighted by atomic mass is 14.2. The Morgan fingerprint density at radius 3 is 1.30 bits per heavy atom. The van der Waals surface area contributed by atoms with E-state index >= 15 is 0 Å². The molecule has 37 heavy (non-hydrogen) atoms. The summed E-state index contributed by atoms with van der Waals surface area (Å²) in [5.41, 5.74) is 15.5. The number of hydrogen-bond acceptors (Lipinski definition) is 0. The van der Waals surface area contributed by atoms with Crippen LogP contribution in [-0.2, 0) is 6.42 Å². The fourth-order valence-electron chi connectivity index (χ4n) is 5.57. The van der Waals surface area contributed by atoms with Gasteiger partial charge in [0.2, 0.25) is 0 Å². The molecule has 0 aliphatic heterocycles. The highest BCUT2D eigenvalue weighted by Crippen LogP contribution is 2.39. The molecule has 0 amide bonds. The largest absolute Gasteiger partial charge is 0.0622 e. The van der Waals surface area contributed by atoms with E-state index in [0.717, 1.165) is 6.42 Å². The number of rotatable bonds is 4. The average Bonchev–Trinajstić information content (AvgIpc) is 3.36. The first-order chi connectivity index (χ1) is 18.3. The van der Waals surface area contributed by atoms with Crippen LogP contribution >= 0.6 is 0 Å². The molecule has 0 saturated heterocycles. The second-order valence-electron chi connectivity index (χ2n) is 9.81. The normalized spacial score (nSPS) is 11.7. The zero-order valence-corrected chi connectivity index (χ0v) is 20.6. The lowest BCUT2D eigenvalue weighted by Crippen LogP contribution is -1.86. The van der Waals surface area contributed by atoms with Crippen molar-refractivity contribution in [3.63, 3.8) is 0 Å². The SMILES string of the molecule is c1ccc(-c2cccc(-c3cccc(-c4cccc(-c5ccc6c(c5)-c5ccccc5C6)c4)c3)c2)cc1. The molecule has 0 heterocycles. The Kier molecular flexibility index (Phi) is 5.30. The first-order valence-electron chi connectivity index (χ1n) is 12.9. The average molecular weight is 471 g/mol. The van der Waals surface area contributed by atoms with Gasteiger partial charge in [-0.1, -0.05) is 121 Å². The fraction of sp³-hybridized carbons (Fsp3) is 0.0270. The molecule has 0 unspecified atom stereocenters. The molecule has 7 rings (SSSR count). The van der Waals surface area contributed by atoms with Crippen LogP contribution in [0.5, 0.6) is 0 Å². The van der Waals surface area contributed by atoms with Gasteiger partial charge < -0.3 is 0 Å². The number of benzene rings is 6. The molecule has 0 bridgehead atoms. The van der Waals surface area contributed by atoms with Crippen molar-refractivity contribution in [2.75, 3.05) is 0 Å². The van der Waals surface area contributed by atoms with Crippen LogP contribution in [0.4, 0.5) is 0 Å². The van der Waals surface area contributed by atoms with Crippen molar-refractivity contribution in [1.29, 1.82) is 0 Å². The second-order valence-corrected chi connectivity index (χ2v) is 9.81. The molecule has 6 aromatic rings. The Bertz CT molecular complexity index is 1740. The standard InChI is InChI=1S/C37H26/c1-2-9-26(10-3-1)27-12-6-13-28(21-27)29-14-7-15-30(22-29)31-16-8-17-32(23-31)33-19-20-35-24-34-11-4-5-18-36(34)37(35)25-33/h1-23,25H,24H2. The van der Waals surface area contributed by atoms with Crippen molar-refractivity contribution in [3.05, 3.63) is 157 Å². The molecule has 0 spiro atoms. The first-order valence-corrected chi connectivity index (χ1v) is 12.9. The second kappa shape index (κ2) is 9.08. The van der Waals surface area contributed by atoms with Crippen molar-refractivity contribution in [1.82, 2.24) is 0 Å². The molecule has 0 heteroatoms. The van der Waals surface area contributed by atoms with Gasteiger partial charge in [-0.25, -0.2) is 0 Å². The third-order valence-corrected chi connectivity index (χ3v) is 7.49. The lowest BCUT2D eigenvalue weighted by Gasteiger charge is -2.11. The molecule has 0 N–H and O–H groups in total. The van der Waals surface area contributed by atoms with Crippen molar-refractivity contribution >= 4 is 0 Å². The lowest BCUT2D eigenvalue weighted by atomic mass is 9.94. The Morgan fingerprint density at radius 2 is 0.703 bits per heavy atom. The van der Waals surface area contributed by atoms with Crippen LogP contribution in [0.15, 0.2) is 146 Å². The summed E-state index contributed by atoms with van der Waals surface area (Å²) in [5, 5.41) is 0. The van der Waals surface area contributed by atoms with Gasteiger partial charge in [0.1, 0.15) is 0 Å². The van der Waals surface area contributed by atoms with Gasteiger partial charge in [0.15, 0.2) is 0 Å². The van der Waals surface area contributed by atoms with E-state index in [2.05, 4.69) is 146 Å². The van der Waals surface area contributed by atoms with E-state index < -0.39 is 0 Å². The van der Waals surface area contributed by atoms with Crippen LogP contribution in [-0.4, -0.2) is 0 Å². The van der Waals surface area contributed by atoms with E-state index in [1.54, 1.807) is 0 Å². The summed E-state index contributed by atoms with van der Waals surface area (Å²) in [7, 11) is 0. The molecule has 1 aliphatic rings. The van der Waals surface area contributed by atoms with Crippen LogP contribution in [0, 0.1) is 0 Å². The molecule has 0 fully saturated rings. The van der Waals surface area contributed by atoms with E-state index in [0.29, 0.717) is 0 Å². The third kappa shape index (κ3) is 4.07. The minimum atomic E-state index is 1.03. The molecule has 6 aromatic carbocycles. The molecular formula is C37H26. The molecule has 0 saturated carbocycles. The Hall–Kier alpha value is -4.68. The molecule has 0 aromatic heterocycles. The van der Waals surface area contributed by atoms with E-state index in [-0.39, 0.29) is 0 Å². The van der Waals surface area contributed by atoms with Gasteiger partial charge in [0, 0.05) is 0 Å². The summed E-state index contributed by atoms with van der Waals surface area (Å²) in [6.07, 6.45) is 1.03. The van der Waals surface area contributed by atoms with Gasteiger partial charge in [-0.3, -0.25) is 0 Å². The Balaban J connectivity index is 1.23. The van der Waals surface area contributed by atoms with Crippen LogP contribution in [0.2, 0.25) is 0 Å². The van der Waals surface area contributed by atoms with E-state index in [1.807, 2.05) is 0 Å². The van der Waals surface area contributed by atoms with E-state index in [1.165, 1.54) is 66.8 Å². The van der Waals surface area contributed by atoms with Gasteiger partial charge in [-0.05, 0) is 97.4 Å². The highest BCUT2D eigenvalue weighted by Gasteiger charge is 2.18. The minimum absolute atomic E-state index is 1.03. The van der Waals surface area contributed by atoms with Gasteiger partial charge in [-0.15, -0.1) is 0 Å². The molecule has 0 atom stereocenters. The summed E-state index contributed by atoms with van der Waals surface area (Å²) in [5.74, 6) is 0. The summed E-state index contributed by atoms with van der Waals surface area (Å²) >= 11 is 0. The first kappa shape index (κ1) is 21.6. The van der Waals surface area contributed by atoms with Crippen molar-refractivity contribution in [3.8, 4) is 55.6 Å². The zero-order chi connectivity index (χ0) is 24.6. The van der Waals surface area contributed by atoms with Gasteiger partial charge in [0.25, 0.3) is 0 Å². The van der Waals surface area contributed by atoms with Gasteiger partial charge in [-0.2, -0.15) is 0 Å². The Labute approximate surface area is 218 Å². The topological polar surface area (TPSA) is 0 Å². The smallest absolute Gasteiger partial charge is 0.00134 e. The maximum Gasteiger partial charge on any atom is -0.00134 e. The molecule has 1 aliphatic carbocycles. The fourth-order valence-corrected chi connectivity index (χ4v) is 5.57. The van der Waals surface area contributed by atoms with Crippen molar-refractivity contribution < 1.29 is 0 Å². The van der Waals surface area contributed by atoms with Crippen LogP contribution < -0.4 is 0 Å². The minimum Gasteiger partial charge on any atom is -0.0622 e. The summed E-state index contributed by atoms with van der Waals surface area (Å²) in [6, 6.07) is 52.9. The van der Waals surface area contributed by atoms with Gasteiger partial charge >= 0.3 is 0 Å². The van der Waals surface area contributed by atoms with E-state index in [9.17, 15) is 0 Å². The van der Waals surface area contributed by atoms with E-state index in [4.69, 9.17) is 0 Å². The lowest BCUT2D eigenvalue weighted by molar-refractivity contribution is 1.26. The third-order valence-electron chi connectivity index (χ3n) is 7.49. The highest BCUT2D eigenvalue weighted by molar-refractivity contribution is 5.83. The quantitative estimate of drug-likeness (QED) is 0.240. The predicted molar refractivity (Wildman–Crippen MR) is 156 cm³/mol. The summed E-state index contributed by atoms with van der Waals surface area (Å²) < 4.78 is 0. The monoisotopic (exact) mass is 470 g/mol. The van der Waals surface area contributed by atoms with Crippen LogP contribution in [0.25, 0.3) is 55.6 Å². The maximum absolute atomic E-state index is 2.37. The molecule has 0 nitrogen and oxygen atoms in total. The summed E-state index contributed by atoms with van der Waals surface area (Å²) in [4.78, 5) is 0. The number of hydrogen-bond donors (Lipinski definition) is 0. The predicted octanol–water partition coefficient (Wildman–Crippen LogP) is 9.93. The van der Waals surface area contributed by atoms with Crippen LogP contribution in [0.3, 0.4) is 0 Å². The zero-order valence-electron chi connectivity index (χ0n) is 20.6. The molecule has 0 radical (unpaired) electrons. The molecular weight excluding hydrogens is 444 g/mol. The maximum atomic E-state index is 2.37. The van der Waals surface area contributed by atoms with Crippen LogP contribution in [0.1, 0.15) is 11.1 Å². The van der Waals surface area contributed by atoms with Crippen molar-refractivity contribution in [2.45, 2.75) is 6.42 Å². The van der Waals surface area contributed by atoms with Gasteiger partial charge in [0.05, 0.1) is 0 Å². The Morgan fingerprint density at radius 1 is 0.270 bits per heavy atom. The molecule has 174 valence electrons.